The zero-order chi connectivity index (χ0) is 13.1. The second-order valence-electron chi connectivity index (χ2n) is 4.70. The highest BCUT2D eigenvalue weighted by atomic mass is 32.1. The maximum Gasteiger partial charge on any atom is 0.168 e. The third kappa shape index (κ3) is 3.34. The molecule has 98 valence electrons. The van der Waals surface area contributed by atoms with Crippen LogP contribution in [0.3, 0.4) is 0 Å². The van der Waals surface area contributed by atoms with Gasteiger partial charge in [0, 0.05) is 24.5 Å². The lowest BCUT2D eigenvalue weighted by Crippen LogP contribution is -2.45. The number of rotatable bonds is 2. The first kappa shape index (κ1) is 13.1. The van der Waals surface area contributed by atoms with Crippen LogP contribution in [0.2, 0.25) is 0 Å². The lowest BCUT2D eigenvalue weighted by Gasteiger charge is -2.36. The van der Waals surface area contributed by atoms with Gasteiger partial charge in [-0.05, 0) is 50.3 Å². The number of hydrogen-bond acceptors (Lipinski definition) is 3. The Morgan fingerprint density at radius 3 is 2.33 bits per heavy atom. The van der Waals surface area contributed by atoms with E-state index in [2.05, 4.69) is 36.2 Å². The zero-order valence-electron chi connectivity index (χ0n) is 10.7. The number of benzene rings is 1. The second-order valence-corrected chi connectivity index (χ2v) is 5.14. The van der Waals surface area contributed by atoms with E-state index in [0.717, 1.165) is 18.8 Å². The van der Waals surface area contributed by atoms with Crippen molar-refractivity contribution >= 4 is 28.7 Å². The summed E-state index contributed by atoms with van der Waals surface area (Å²) >= 11 is 4.81. The topological polar surface area (TPSA) is 50.5 Å². The van der Waals surface area contributed by atoms with Gasteiger partial charge in [0.2, 0.25) is 0 Å². The van der Waals surface area contributed by atoms with Crippen LogP contribution >= 0.6 is 12.2 Å². The van der Waals surface area contributed by atoms with Crippen molar-refractivity contribution in [3.8, 4) is 0 Å². The maximum absolute atomic E-state index is 5.73. The molecule has 1 aliphatic heterocycles. The molecule has 0 aliphatic carbocycles. The fourth-order valence-corrected chi connectivity index (χ4v) is 2.40. The summed E-state index contributed by atoms with van der Waals surface area (Å²) in [7, 11) is 0. The Balaban J connectivity index is 2.06. The van der Waals surface area contributed by atoms with Crippen LogP contribution in [-0.2, 0) is 4.74 Å². The molecule has 1 aromatic carbocycles. The van der Waals surface area contributed by atoms with Crippen molar-refractivity contribution in [2.45, 2.75) is 26.1 Å². The van der Waals surface area contributed by atoms with Crippen LogP contribution in [0.15, 0.2) is 24.3 Å². The molecule has 0 amide bonds. The van der Waals surface area contributed by atoms with E-state index in [0.29, 0.717) is 0 Å². The predicted octanol–water partition coefficient (Wildman–Crippen LogP) is 1.96. The molecule has 2 unspecified atom stereocenters. The molecule has 1 fully saturated rings. The molecule has 18 heavy (non-hydrogen) atoms. The first-order valence-corrected chi connectivity index (χ1v) is 6.52. The van der Waals surface area contributed by atoms with Crippen molar-refractivity contribution in [2.24, 2.45) is 5.73 Å². The number of hydrogen-bond donors (Lipinski definition) is 2. The molecule has 1 aromatic rings. The van der Waals surface area contributed by atoms with Gasteiger partial charge in [0.05, 0.1) is 12.2 Å². The van der Waals surface area contributed by atoms with E-state index in [9.17, 15) is 0 Å². The zero-order valence-corrected chi connectivity index (χ0v) is 11.5. The molecule has 4 nitrogen and oxygen atoms in total. The second kappa shape index (κ2) is 5.54. The van der Waals surface area contributed by atoms with E-state index in [1.165, 1.54) is 5.69 Å². The van der Waals surface area contributed by atoms with Crippen LogP contribution in [0.5, 0.6) is 0 Å². The molecule has 5 heteroatoms. The van der Waals surface area contributed by atoms with Gasteiger partial charge in [-0.2, -0.15) is 0 Å². The lowest BCUT2D eigenvalue weighted by atomic mass is 10.2. The Labute approximate surface area is 113 Å². The van der Waals surface area contributed by atoms with Gasteiger partial charge in [0.1, 0.15) is 0 Å². The lowest BCUT2D eigenvalue weighted by molar-refractivity contribution is -0.00521. The SMILES string of the molecule is CC1CN(c2ccc(NC(N)=S)cc2)CC(C)O1. The van der Waals surface area contributed by atoms with Crippen molar-refractivity contribution in [3.63, 3.8) is 0 Å². The van der Waals surface area contributed by atoms with Crippen molar-refractivity contribution in [2.75, 3.05) is 23.3 Å². The molecule has 1 aliphatic rings. The van der Waals surface area contributed by atoms with Crippen molar-refractivity contribution in [1.82, 2.24) is 0 Å². The van der Waals surface area contributed by atoms with Gasteiger partial charge in [-0.3, -0.25) is 0 Å². The van der Waals surface area contributed by atoms with Gasteiger partial charge in [0.15, 0.2) is 5.11 Å². The van der Waals surface area contributed by atoms with Crippen LogP contribution < -0.4 is 16.0 Å². The minimum atomic E-state index is 0.267. The van der Waals surface area contributed by atoms with Crippen LogP contribution in [0.25, 0.3) is 0 Å². The molecule has 2 atom stereocenters. The number of morpholine rings is 1. The standard InChI is InChI=1S/C13H19N3OS/c1-9-7-16(8-10(2)17-9)12-5-3-11(4-6-12)15-13(14)18/h3-6,9-10H,7-8H2,1-2H3,(H3,14,15,18). The van der Waals surface area contributed by atoms with Crippen molar-refractivity contribution in [3.05, 3.63) is 24.3 Å². The number of thiocarbonyl (C=S) groups is 1. The summed E-state index contributed by atoms with van der Waals surface area (Å²) in [5, 5.41) is 3.21. The average Bonchev–Trinajstić information content (AvgIpc) is 2.27. The normalized spacial score (nSPS) is 23.8. The van der Waals surface area contributed by atoms with E-state index in [1.54, 1.807) is 0 Å². The van der Waals surface area contributed by atoms with Gasteiger partial charge >= 0.3 is 0 Å². The van der Waals surface area contributed by atoms with E-state index in [4.69, 9.17) is 22.7 Å². The summed E-state index contributed by atoms with van der Waals surface area (Å²) in [6.07, 6.45) is 0.534. The molecular weight excluding hydrogens is 246 g/mol. The third-order valence-corrected chi connectivity index (χ3v) is 3.02. The smallest absolute Gasteiger partial charge is 0.168 e. The van der Waals surface area contributed by atoms with Gasteiger partial charge in [-0.1, -0.05) is 0 Å². The van der Waals surface area contributed by atoms with Gasteiger partial charge in [-0.15, -0.1) is 0 Å². The first-order valence-electron chi connectivity index (χ1n) is 6.11. The highest BCUT2D eigenvalue weighted by Gasteiger charge is 2.22. The van der Waals surface area contributed by atoms with Gasteiger partial charge in [0.25, 0.3) is 0 Å². The largest absolute Gasteiger partial charge is 0.376 e. The summed E-state index contributed by atoms with van der Waals surface area (Å²) in [6, 6.07) is 8.12. The van der Waals surface area contributed by atoms with Crippen LogP contribution in [0, 0.1) is 0 Å². The van der Waals surface area contributed by atoms with E-state index in [1.807, 2.05) is 12.1 Å². The van der Waals surface area contributed by atoms with Crippen LogP contribution in [0.4, 0.5) is 11.4 Å². The quantitative estimate of drug-likeness (QED) is 0.801. The van der Waals surface area contributed by atoms with Gasteiger partial charge < -0.3 is 20.7 Å². The minimum absolute atomic E-state index is 0.267. The summed E-state index contributed by atoms with van der Waals surface area (Å²) in [5.74, 6) is 0. The number of nitrogens with one attached hydrogen (secondary N) is 1. The molecule has 0 radical (unpaired) electrons. The van der Waals surface area contributed by atoms with Crippen LogP contribution in [-0.4, -0.2) is 30.4 Å². The summed E-state index contributed by atoms with van der Waals surface area (Å²) < 4.78 is 5.73. The fraction of sp³-hybridized carbons (Fsp3) is 0.462. The van der Waals surface area contributed by atoms with Crippen molar-refractivity contribution < 1.29 is 4.74 Å². The molecule has 0 bridgehead atoms. The maximum atomic E-state index is 5.73. The Kier molecular flexibility index (Phi) is 4.04. The third-order valence-electron chi connectivity index (χ3n) is 2.92. The number of ether oxygens (including phenoxy) is 1. The fourth-order valence-electron chi connectivity index (χ4n) is 2.29. The van der Waals surface area contributed by atoms with E-state index < -0.39 is 0 Å². The molecule has 0 aromatic heterocycles. The highest BCUT2D eigenvalue weighted by Crippen LogP contribution is 2.22. The Morgan fingerprint density at radius 1 is 1.28 bits per heavy atom. The summed E-state index contributed by atoms with van der Waals surface area (Å²) in [6.45, 7) is 6.05. The Bertz CT molecular complexity index is 411. The predicted molar refractivity (Wildman–Crippen MR) is 79.1 cm³/mol. The molecule has 0 spiro atoms. The Morgan fingerprint density at radius 2 is 1.83 bits per heavy atom. The number of nitrogens with zero attached hydrogens (tertiary/aromatic N) is 1. The monoisotopic (exact) mass is 265 g/mol. The van der Waals surface area contributed by atoms with Crippen LogP contribution in [0.1, 0.15) is 13.8 Å². The molecule has 1 saturated heterocycles. The van der Waals surface area contributed by atoms with Crippen molar-refractivity contribution in [1.29, 1.82) is 0 Å². The summed E-state index contributed by atoms with van der Waals surface area (Å²) in [5.41, 5.74) is 7.55. The molecule has 3 N–H and O–H groups in total. The Hall–Kier alpha value is -1.33. The minimum Gasteiger partial charge on any atom is -0.376 e. The number of nitrogens with two attached hydrogens (primary N) is 1. The molecule has 0 saturated carbocycles. The molecular formula is C13H19N3OS. The van der Waals surface area contributed by atoms with Gasteiger partial charge in [-0.25, -0.2) is 0 Å². The highest BCUT2D eigenvalue weighted by molar-refractivity contribution is 7.80. The first-order chi connectivity index (χ1) is 8.54. The van der Waals surface area contributed by atoms with E-state index >= 15 is 0 Å². The molecule has 2 rings (SSSR count). The average molecular weight is 265 g/mol. The summed E-state index contributed by atoms with van der Waals surface area (Å²) in [4.78, 5) is 2.34. The number of anilines is 2. The molecule has 1 heterocycles. The van der Waals surface area contributed by atoms with E-state index in [-0.39, 0.29) is 17.3 Å².